The topological polar surface area (TPSA) is 48.1 Å². The molecule has 8 aromatic carbocycles. The molecule has 0 bridgehead atoms. The van der Waals surface area contributed by atoms with Crippen LogP contribution in [0.5, 0.6) is 0 Å². The number of rotatable bonds is 9. The van der Waals surface area contributed by atoms with E-state index in [2.05, 4.69) is 195 Å². The molecule has 2 aromatic heterocycles. The predicted octanol–water partition coefficient (Wildman–Crippen LogP) is 14.3. The fourth-order valence-corrected chi connectivity index (χ4v) is 8.22. The van der Waals surface area contributed by atoms with Gasteiger partial charge in [-0.1, -0.05) is 115 Å². The van der Waals surface area contributed by atoms with E-state index in [-0.39, 0.29) is 0 Å². The van der Waals surface area contributed by atoms with Gasteiger partial charge in [-0.3, -0.25) is 4.98 Å². The molecule has 0 saturated carbocycles. The maximum atomic E-state index is 10.8. The Morgan fingerprint density at radius 1 is 0.390 bits per heavy atom. The van der Waals surface area contributed by atoms with Crippen LogP contribution in [0.3, 0.4) is 0 Å². The van der Waals surface area contributed by atoms with Crippen LogP contribution in [-0.2, 0) is 0 Å². The summed E-state index contributed by atoms with van der Waals surface area (Å²) in [5.41, 5.74) is 13.7. The zero-order valence-corrected chi connectivity index (χ0v) is 32.1. The van der Waals surface area contributed by atoms with Gasteiger partial charge in [0.05, 0.1) is 28.4 Å². The predicted molar refractivity (Wildman–Crippen MR) is 244 cm³/mol. The van der Waals surface area contributed by atoms with E-state index in [1.165, 1.54) is 0 Å². The van der Waals surface area contributed by atoms with Crippen molar-refractivity contribution in [1.82, 2.24) is 9.55 Å². The largest absolute Gasteiger partial charge is 0.310 e. The maximum absolute atomic E-state index is 10.8. The Bertz CT molecular complexity index is 2870. The number of benzene rings is 8. The van der Waals surface area contributed by atoms with Gasteiger partial charge in [0, 0.05) is 68.4 Å². The van der Waals surface area contributed by atoms with E-state index in [1.807, 2.05) is 42.5 Å². The molecule has 10 rings (SSSR count). The fraction of sp³-hybridized carbons (Fsp3) is 0. The molecule has 0 aliphatic rings. The van der Waals surface area contributed by atoms with E-state index in [9.17, 15) is 5.26 Å². The van der Waals surface area contributed by atoms with Crippen LogP contribution in [0.25, 0.3) is 49.7 Å². The van der Waals surface area contributed by atoms with Gasteiger partial charge in [-0.15, -0.1) is 0 Å². The maximum Gasteiger partial charge on any atom is 0.0998 e. The fourth-order valence-electron chi connectivity index (χ4n) is 8.22. The molecule has 0 saturated heterocycles. The molecule has 10 aromatic rings. The molecular formula is C54H37N5. The van der Waals surface area contributed by atoms with Gasteiger partial charge < -0.3 is 14.4 Å². The van der Waals surface area contributed by atoms with Crippen molar-refractivity contribution in [2.75, 3.05) is 9.80 Å². The highest BCUT2D eigenvalue weighted by Crippen LogP contribution is 2.44. The highest BCUT2D eigenvalue weighted by Gasteiger charge is 2.23. The monoisotopic (exact) mass is 755 g/mol. The molecule has 59 heavy (non-hydrogen) atoms. The van der Waals surface area contributed by atoms with Crippen LogP contribution in [0.2, 0.25) is 0 Å². The van der Waals surface area contributed by atoms with Gasteiger partial charge in [-0.05, 0) is 108 Å². The summed E-state index contributed by atoms with van der Waals surface area (Å²) in [5, 5.41) is 13.1. The number of fused-ring (bicyclic) bond motifs is 3. The van der Waals surface area contributed by atoms with Crippen LogP contribution in [0.1, 0.15) is 5.56 Å². The molecule has 5 heteroatoms. The van der Waals surface area contributed by atoms with Gasteiger partial charge in [0.15, 0.2) is 0 Å². The number of nitriles is 1. The molecule has 0 radical (unpaired) electrons. The first-order valence-electron chi connectivity index (χ1n) is 19.7. The zero-order chi connectivity index (χ0) is 39.5. The molecule has 0 unspecified atom stereocenters. The summed E-state index contributed by atoms with van der Waals surface area (Å²) in [5.74, 6) is 0. The molecule has 0 N–H and O–H groups in total. The van der Waals surface area contributed by atoms with Crippen molar-refractivity contribution in [3.05, 3.63) is 230 Å². The van der Waals surface area contributed by atoms with Gasteiger partial charge in [0.25, 0.3) is 0 Å². The summed E-state index contributed by atoms with van der Waals surface area (Å²) in [7, 11) is 0. The number of anilines is 6. The standard InChI is InChI=1S/C54H37N5/c55-38-41-34-52(51(39-16-6-1-7-17-39)37-50(41)40-30-32-56-33-31-40)59-53-35-46(57(42-18-8-2-9-19-42)43-20-10-3-11-21-43)26-28-48(53)49-29-27-47(36-54(49)59)58(44-22-12-4-13-23-44)45-24-14-5-15-25-45/h1-37H. The molecule has 0 fully saturated rings. The number of para-hydroxylation sites is 4. The van der Waals surface area contributed by atoms with Crippen LogP contribution in [-0.4, -0.2) is 9.55 Å². The summed E-state index contributed by atoms with van der Waals surface area (Å²) >= 11 is 0. The molecule has 0 spiro atoms. The van der Waals surface area contributed by atoms with Gasteiger partial charge in [-0.2, -0.15) is 5.26 Å². The van der Waals surface area contributed by atoms with Crippen LogP contribution in [0.15, 0.2) is 225 Å². The molecule has 0 aliphatic heterocycles. The summed E-state index contributed by atoms with van der Waals surface area (Å²) in [6.45, 7) is 0. The number of nitrogens with zero attached hydrogens (tertiary/aromatic N) is 5. The quantitative estimate of drug-likeness (QED) is 0.147. The van der Waals surface area contributed by atoms with Crippen LogP contribution in [0.4, 0.5) is 34.1 Å². The second-order valence-corrected chi connectivity index (χ2v) is 14.4. The van der Waals surface area contributed by atoms with Crippen molar-refractivity contribution >= 4 is 55.9 Å². The Kier molecular flexibility index (Phi) is 9.19. The summed E-state index contributed by atoms with van der Waals surface area (Å²) in [6, 6.07) is 76.7. The van der Waals surface area contributed by atoms with Crippen molar-refractivity contribution in [1.29, 1.82) is 5.26 Å². The molecule has 0 atom stereocenters. The third-order valence-corrected chi connectivity index (χ3v) is 10.9. The lowest BCUT2D eigenvalue weighted by molar-refractivity contribution is 1.17. The van der Waals surface area contributed by atoms with E-state index in [0.29, 0.717) is 5.56 Å². The van der Waals surface area contributed by atoms with E-state index < -0.39 is 0 Å². The number of aromatic nitrogens is 2. The van der Waals surface area contributed by atoms with Gasteiger partial charge >= 0.3 is 0 Å². The molecular weight excluding hydrogens is 719 g/mol. The van der Waals surface area contributed by atoms with Gasteiger partial charge in [0.2, 0.25) is 0 Å². The highest BCUT2D eigenvalue weighted by atomic mass is 15.2. The first-order valence-corrected chi connectivity index (χ1v) is 19.7. The van der Waals surface area contributed by atoms with Crippen LogP contribution >= 0.6 is 0 Å². The third-order valence-electron chi connectivity index (χ3n) is 10.9. The number of hydrogen-bond acceptors (Lipinski definition) is 4. The minimum atomic E-state index is 0.582. The van der Waals surface area contributed by atoms with Gasteiger partial charge in [0.1, 0.15) is 0 Å². The van der Waals surface area contributed by atoms with Crippen molar-refractivity contribution < 1.29 is 0 Å². The minimum absolute atomic E-state index is 0.582. The molecule has 0 aliphatic carbocycles. The third kappa shape index (κ3) is 6.55. The van der Waals surface area contributed by atoms with Crippen LogP contribution < -0.4 is 9.80 Å². The van der Waals surface area contributed by atoms with Crippen molar-refractivity contribution in [2.45, 2.75) is 0 Å². The second kappa shape index (κ2) is 15.4. The smallest absolute Gasteiger partial charge is 0.0998 e. The Morgan fingerprint density at radius 3 is 1.22 bits per heavy atom. The van der Waals surface area contributed by atoms with E-state index in [4.69, 9.17) is 0 Å². The minimum Gasteiger partial charge on any atom is -0.310 e. The first-order chi connectivity index (χ1) is 29.2. The first kappa shape index (κ1) is 35.2. The van der Waals surface area contributed by atoms with E-state index >= 15 is 0 Å². The zero-order valence-electron chi connectivity index (χ0n) is 32.1. The number of pyridine rings is 1. The van der Waals surface area contributed by atoms with Gasteiger partial charge in [-0.25, -0.2) is 0 Å². The Morgan fingerprint density at radius 2 is 0.797 bits per heavy atom. The molecule has 0 amide bonds. The summed E-state index contributed by atoms with van der Waals surface area (Å²) < 4.78 is 2.36. The molecule has 2 heterocycles. The average Bonchev–Trinajstić information content (AvgIpc) is 3.63. The van der Waals surface area contributed by atoms with E-state index in [1.54, 1.807) is 12.4 Å². The highest BCUT2D eigenvalue weighted by molar-refractivity contribution is 6.12. The Labute approximate surface area is 343 Å². The second-order valence-electron chi connectivity index (χ2n) is 14.4. The van der Waals surface area contributed by atoms with Crippen molar-refractivity contribution in [2.24, 2.45) is 0 Å². The summed E-state index contributed by atoms with van der Waals surface area (Å²) in [4.78, 5) is 8.86. The Hall–Kier alpha value is -8.20. The lowest BCUT2D eigenvalue weighted by Crippen LogP contribution is -2.10. The van der Waals surface area contributed by atoms with Crippen molar-refractivity contribution in [3.63, 3.8) is 0 Å². The van der Waals surface area contributed by atoms with Crippen molar-refractivity contribution in [3.8, 4) is 34.0 Å². The molecule has 5 nitrogen and oxygen atoms in total. The SMILES string of the molecule is N#Cc1cc(-n2c3cc(N(c4ccccc4)c4ccccc4)ccc3c3ccc(N(c4ccccc4)c4ccccc4)cc32)c(-c2ccccc2)cc1-c1ccncc1. The lowest BCUT2D eigenvalue weighted by Gasteiger charge is -2.26. The summed E-state index contributed by atoms with van der Waals surface area (Å²) in [6.07, 6.45) is 3.55. The lowest BCUT2D eigenvalue weighted by atomic mass is 9.93. The Balaban J connectivity index is 1.31. The normalized spacial score (nSPS) is 11.0. The van der Waals surface area contributed by atoms with Crippen LogP contribution in [0, 0.1) is 11.3 Å². The van der Waals surface area contributed by atoms with E-state index in [0.717, 1.165) is 83.9 Å². The average molecular weight is 756 g/mol. The molecule has 278 valence electrons. The number of hydrogen-bond donors (Lipinski definition) is 0.